The van der Waals surface area contributed by atoms with Crippen molar-refractivity contribution in [2.24, 2.45) is 0 Å². The molecule has 0 aromatic heterocycles. The van der Waals surface area contributed by atoms with Crippen LogP contribution in [-0.2, 0) is 19.1 Å². The van der Waals surface area contributed by atoms with Crippen molar-refractivity contribution >= 4 is 23.3 Å². The van der Waals surface area contributed by atoms with Gasteiger partial charge in [-0.05, 0) is 26.0 Å². The quantitative estimate of drug-likeness (QED) is 0.813. The number of esters is 2. The summed E-state index contributed by atoms with van der Waals surface area (Å²) < 4.78 is 10.1. The van der Waals surface area contributed by atoms with E-state index in [-0.39, 0.29) is 19.0 Å². The minimum absolute atomic E-state index is 0.0501. The molecule has 22 heavy (non-hydrogen) atoms. The maximum absolute atomic E-state index is 12.1. The Labute approximate surface area is 129 Å². The van der Waals surface area contributed by atoms with Gasteiger partial charge in [0.25, 0.3) is 0 Å². The van der Waals surface area contributed by atoms with Crippen molar-refractivity contribution in [2.45, 2.75) is 26.3 Å². The number of carbonyl (C=O) groups is 2. The van der Waals surface area contributed by atoms with Gasteiger partial charge >= 0.3 is 11.9 Å². The summed E-state index contributed by atoms with van der Waals surface area (Å²) in [5, 5.41) is 6.28. The van der Waals surface area contributed by atoms with Crippen LogP contribution in [0.3, 0.4) is 0 Å². The molecule has 2 N–H and O–H groups in total. The molecule has 1 heterocycles. The summed E-state index contributed by atoms with van der Waals surface area (Å²) in [5.41, 5.74) is 2.01. The third-order valence-electron chi connectivity index (χ3n) is 3.20. The number of benzene rings is 1. The van der Waals surface area contributed by atoms with Crippen molar-refractivity contribution in [3.05, 3.63) is 36.0 Å². The van der Waals surface area contributed by atoms with Gasteiger partial charge < -0.3 is 20.1 Å². The summed E-state index contributed by atoms with van der Waals surface area (Å²) in [6, 6.07) is 7.02. The highest BCUT2D eigenvalue weighted by atomic mass is 16.5. The van der Waals surface area contributed by atoms with Crippen LogP contribution < -0.4 is 10.6 Å². The third kappa shape index (κ3) is 3.78. The number of rotatable bonds is 5. The number of nitrogens with one attached hydrogen (secondary N) is 2. The van der Waals surface area contributed by atoms with Crippen LogP contribution >= 0.6 is 0 Å². The summed E-state index contributed by atoms with van der Waals surface area (Å²) in [6.07, 6.45) is 1.63. The van der Waals surface area contributed by atoms with Crippen LogP contribution in [0.25, 0.3) is 0 Å². The van der Waals surface area contributed by atoms with E-state index in [1.807, 2.05) is 24.3 Å². The van der Waals surface area contributed by atoms with E-state index in [4.69, 9.17) is 9.47 Å². The van der Waals surface area contributed by atoms with Crippen LogP contribution in [-0.4, -0.2) is 31.2 Å². The van der Waals surface area contributed by atoms with E-state index in [9.17, 15) is 9.59 Å². The smallest absolute Gasteiger partial charge is 0.337 e. The number of hydrogen-bond donors (Lipinski definition) is 2. The molecule has 2 rings (SSSR count). The Kier molecular flexibility index (Phi) is 5.41. The Morgan fingerprint density at radius 2 is 1.77 bits per heavy atom. The second-order valence-corrected chi connectivity index (χ2v) is 4.72. The highest BCUT2D eigenvalue weighted by molar-refractivity contribution is 5.93. The fraction of sp³-hybridized carbons (Fsp3) is 0.375. The predicted octanol–water partition coefficient (Wildman–Crippen LogP) is 2.29. The molecule has 6 nitrogen and oxygen atoms in total. The molecule has 0 amide bonds. The summed E-state index contributed by atoms with van der Waals surface area (Å²) in [5.74, 6) is -0.820. The molecule has 0 bridgehead atoms. The van der Waals surface area contributed by atoms with E-state index in [1.54, 1.807) is 20.0 Å². The number of para-hydroxylation sites is 2. The highest BCUT2D eigenvalue weighted by Crippen LogP contribution is 2.28. The summed E-state index contributed by atoms with van der Waals surface area (Å²) >= 11 is 0. The molecule has 0 fully saturated rings. The molecular formula is C16H20N2O4. The van der Waals surface area contributed by atoms with E-state index in [0.717, 1.165) is 11.4 Å². The van der Waals surface area contributed by atoms with Gasteiger partial charge in [0.2, 0.25) is 0 Å². The Morgan fingerprint density at radius 3 is 2.45 bits per heavy atom. The van der Waals surface area contributed by atoms with E-state index in [2.05, 4.69) is 10.6 Å². The number of ether oxygens (including phenoxy) is 2. The zero-order valence-electron chi connectivity index (χ0n) is 12.7. The standard InChI is InChI=1S/C16H20N2O4/c1-3-21-15(19)9-14-11(16(20)22-4-2)10-17-12-7-5-6-8-13(12)18-14/h5-8,10,14,17-18H,3-4,9H2,1-2H3. The van der Waals surface area contributed by atoms with Crippen LogP contribution in [0, 0.1) is 0 Å². The van der Waals surface area contributed by atoms with Crippen molar-refractivity contribution in [3.63, 3.8) is 0 Å². The molecule has 1 aromatic rings. The van der Waals surface area contributed by atoms with E-state index in [1.165, 1.54) is 0 Å². The maximum Gasteiger partial charge on any atom is 0.337 e. The zero-order valence-corrected chi connectivity index (χ0v) is 12.7. The Hall–Kier alpha value is -2.50. The Balaban J connectivity index is 2.26. The second-order valence-electron chi connectivity index (χ2n) is 4.72. The van der Waals surface area contributed by atoms with Crippen molar-refractivity contribution in [1.82, 2.24) is 0 Å². The lowest BCUT2D eigenvalue weighted by Gasteiger charge is -2.19. The first-order chi connectivity index (χ1) is 10.7. The van der Waals surface area contributed by atoms with Crippen molar-refractivity contribution in [3.8, 4) is 0 Å². The van der Waals surface area contributed by atoms with Crippen molar-refractivity contribution < 1.29 is 19.1 Å². The minimum Gasteiger partial charge on any atom is -0.466 e. The van der Waals surface area contributed by atoms with Crippen LogP contribution in [0.5, 0.6) is 0 Å². The van der Waals surface area contributed by atoms with Gasteiger partial charge in [0, 0.05) is 6.20 Å². The van der Waals surface area contributed by atoms with Gasteiger partial charge in [0.15, 0.2) is 0 Å². The van der Waals surface area contributed by atoms with Gasteiger partial charge in [-0.3, -0.25) is 4.79 Å². The van der Waals surface area contributed by atoms with Crippen LogP contribution in [0.15, 0.2) is 36.0 Å². The lowest BCUT2D eigenvalue weighted by molar-refractivity contribution is -0.143. The second kappa shape index (κ2) is 7.49. The van der Waals surface area contributed by atoms with Gasteiger partial charge in [-0.1, -0.05) is 12.1 Å². The number of fused-ring (bicyclic) bond motifs is 1. The van der Waals surface area contributed by atoms with Gasteiger partial charge in [-0.25, -0.2) is 4.79 Å². The molecule has 0 aliphatic carbocycles. The first-order valence-electron chi connectivity index (χ1n) is 7.30. The molecule has 1 aliphatic heterocycles. The fourth-order valence-corrected chi connectivity index (χ4v) is 2.22. The van der Waals surface area contributed by atoms with Gasteiger partial charge in [-0.2, -0.15) is 0 Å². The van der Waals surface area contributed by atoms with Crippen LogP contribution in [0.1, 0.15) is 20.3 Å². The molecular weight excluding hydrogens is 284 g/mol. The van der Waals surface area contributed by atoms with Crippen molar-refractivity contribution in [1.29, 1.82) is 0 Å². The third-order valence-corrected chi connectivity index (χ3v) is 3.20. The van der Waals surface area contributed by atoms with E-state index < -0.39 is 12.0 Å². The van der Waals surface area contributed by atoms with Crippen LogP contribution in [0.4, 0.5) is 11.4 Å². The number of carbonyl (C=O) groups excluding carboxylic acids is 2. The first-order valence-corrected chi connectivity index (χ1v) is 7.30. The molecule has 1 aliphatic rings. The van der Waals surface area contributed by atoms with E-state index >= 15 is 0 Å². The lowest BCUT2D eigenvalue weighted by atomic mass is 10.0. The lowest BCUT2D eigenvalue weighted by Crippen LogP contribution is -2.30. The molecule has 1 atom stereocenters. The topological polar surface area (TPSA) is 76.7 Å². The Bertz CT molecular complexity index is 583. The van der Waals surface area contributed by atoms with Gasteiger partial charge in [0.05, 0.1) is 42.6 Å². The normalized spacial score (nSPS) is 16.3. The molecule has 1 aromatic carbocycles. The van der Waals surface area contributed by atoms with Crippen LogP contribution in [0.2, 0.25) is 0 Å². The first kappa shape index (κ1) is 15.9. The highest BCUT2D eigenvalue weighted by Gasteiger charge is 2.27. The predicted molar refractivity (Wildman–Crippen MR) is 83.4 cm³/mol. The number of hydrogen-bond acceptors (Lipinski definition) is 6. The molecule has 118 valence electrons. The fourth-order valence-electron chi connectivity index (χ4n) is 2.22. The van der Waals surface area contributed by atoms with Crippen molar-refractivity contribution in [2.75, 3.05) is 23.8 Å². The average Bonchev–Trinajstić information content (AvgIpc) is 2.66. The molecule has 0 saturated heterocycles. The molecule has 6 heteroatoms. The summed E-state index contributed by atoms with van der Waals surface area (Å²) in [7, 11) is 0. The van der Waals surface area contributed by atoms with Gasteiger partial charge in [0.1, 0.15) is 0 Å². The Morgan fingerprint density at radius 1 is 1.09 bits per heavy atom. The summed E-state index contributed by atoms with van der Waals surface area (Å²) in [4.78, 5) is 23.9. The molecule has 0 spiro atoms. The van der Waals surface area contributed by atoms with Gasteiger partial charge in [-0.15, -0.1) is 0 Å². The minimum atomic E-state index is -0.505. The monoisotopic (exact) mass is 304 g/mol. The molecule has 0 radical (unpaired) electrons. The number of anilines is 2. The summed E-state index contributed by atoms with van der Waals surface area (Å²) in [6.45, 7) is 4.07. The maximum atomic E-state index is 12.1. The molecule has 1 unspecified atom stereocenters. The molecule has 0 saturated carbocycles. The largest absolute Gasteiger partial charge is 0.466 e. The zero-order chi connectivity index (χ0) is 15.9. The van der Waals surface area contributed by atoms with E-state index in [0.29, 0.717) is 12.2 Å². The SMILES string of the molecule is CCOC(=O)CC1Nc2ccccc2NC=C1C(=O)OCC. The average molecular weight is 304 g/mol.